The summed E-state index contributed by atoms with van der Waals surface area (Å²) < 4.78 is 14.9. The molecule has 0 bridgehead atoms. The Labute approximate surface area is 154 Å². The summed E-state index contributed by atoms with van der Waals surface area (Å²) in [7, 11) is 0. The van der Waals surface area contributed by atoms with Crippen LogP contribution in [-0.4, -0.2) is 31.9 Å². The van der Waals surface area contributed by atoms with Gasteiger partial charge in [-0.15, -0.1) is 5.10 Å². The van der Waals surface area contributed by atoms with Crippen molar-refractivity contribution in [2.45, 2.75) is 25.9 Å². The topological polar surface area (TPSA) is 72.7 Å². The van der Waals surface area contributed by atoms with Crippen molar-refractivity contribution in [2.24, 2.45) is 0 Å². The number of carbonyl (C=O) groups excluding carboxylic acids is 1. The first-order valence-electron chi connectivity index (χ1n) is 7.99. The third kappa shape index (κ3) is 4.08. The summed E-state index contributed by atoms with van der Waals surface area (Å²) in [5, 5.41) is 15.0. The van der Waals surface area contributed by atoms with E-state index in [1.807, 2.05) is 39.0 Å². The summed E-state index contributed by atoms with van der Waals surface area (Å²) in [4.78, 5) is 12.2. The fourth-order valence-electron chi connectivity index (χ4n) is 2.51. The van der Waals surface area contributed by atoms with Gasteiger partial charge in [-0.25, -0.2) is 4.39 Å². The summed E-state index contributed by atoms with van der Waals surface area (Å²) in [6, 6.07) is 10.3. The van der Waals surface area contributed by atoms with Gasteiger partial charge in [0.1, 0.15) is 5.82 Å². The largest absolute Gasteiger partial charge is 0.325 e. The highest BCUT2D eigenvalue weighted by molar-refractivity contribution is 7.99. The monoisotopic (exact) mass is 371 g/mol. The molecular weight excluding hydrogens is 353 g/mol. The predicted molar refractivity (Wildman–Crippen MR) is 99.1 cm³/mol. The molecule has 0 saturated carbocycles. The highest BCUT2D eigenvalue weighted by atomic mass is 32.2. The van der Waals surface area contributed by atoms with Crippen LogP contribution >= 0.6 is 11.8 Å². The molecule has 0 spiro atoms. The molecule has 2 aromatic carbocycles. The van der Waals surface area contributed by atoms with Crippen molar-refractivity contribution in [2.75, 3.05) is 11.1 Å². The van der Waals surface area contributed by atoms with Crippen molar-refractivity contribution >= 4 is 23.4 Å². The molecule has 0 aliphatic carbocycles. The van der Waals surface area contributed by atoms with Crippen LogP contribution < -0.4 is 5.32 Å². The molecular formula is C18H18FN5OS. The van der Waals surface area contributed by atoms with Crippen LogP contribution in [0.5, 0.6) is 0 Å². The van der Waals surface area contributed by atoms with Crippen LogP contribution in [0.2, 0.25) is 0 Å². The van der Waals surface area contributed by atoms with Gasteiger partial charge >= 0.3 is 0 Å². The summed E-state index contributed by atoms with van der Waals surface area (Å²) in [5.74, 6) is -0.530. The van der Waals surface area contributed by atoms with Gasteiger partial charge in [-0.2, -0.15) is 4.68 Å². The molecule has 0 fully saturated rings. The molecule has 0 aliphatic heterocycles. The van der Waals surface area contributed by atoms with E-state index in [1.54, 1.807) is 10.7 Å². The molecule has 0 aliphatic rings. The summed E-state index contributed by atoms with van der Waals surface area (Å²) in [6.07, 6.45) is 0. The highest BCUT2D eigenvalue weighted by Crippen LogP contribution is 2.22. The molecule has 0 radical (unpaired) electrons. The second-order valence-electron chi connectivity index (χ2n) is 5.96. The maximum atomic E-state index is 13.3. The third-order valence-electron chi connectivity index (χ3n) is 3.83. The number of nitrogens with zero attached hydrogens (tertiary/aromatic N) is 4. The normalized spacial score (nSPS) is 10.8. The molecule has 6 nitrogen and oxygen atoms in total. The van der Waals surface area contributed by atoms with Crippen molar-refractivity contribution in [1.82, 2.24) is 20.2 Å². The number of aryl methyl sites for hydroxylation is 3. The van der Waals surface area contributed by atoms with Gasteiger partial charge < -0.3 is 5.32 Å². The Hall–Kier alpha value is -2.74. The Bertz CT molecular complexity index is 957. The molecule has 134 valence electrons. The quantitative estimate of drug-likeness (QED) is 0.696. The van der Waals surface area contributed by atoms with E-state index in [1.165, 1.54) is 23.9 Å². The number of benzene rings is 2. The highest BCUT2D eigenvalue weighted by Gasteiger charge is 2.14. The minimum atomic E-state index is -0.391. The number of rotatable bonds is 5. The molecule has 3 aromatic rings. The average molecular weight is 371 g/mol. The van der Waals surface area contributed by atoms with Gasteiger partial charge in [0.2, 0.25) is 11.1 Å². The van der Waals surface area contributed by atoms with Crippen LogP contribution in [0, 0.1) is 26.6 Å². The lowest BCUT2D eigenvalue weighted by molar-refractivity contribution is -0.113. The van der Waals surface area contributed by atoms with Gasteiger partial charge in [0.25, 0.3) is 0 Å². The van der Waals surface area contributed by atoms with Crippen LogP contribution in [0.3, 0.4) is 0 Å². The van der Waals surface area contributed by atoms with E-state index >= 15 is 0 Å². The lowest BCUT2D eigenvalue weighted by Crippen LogP contribution is -2.15. The predicted octanol–water partition coefficient (Wildman–Crippen LogP) is 3.46. The summed E-state index contributed by atoms with van der Waals surface area (Å²) in [6.45, 7) is 5.81. The van der Waals surface area contributed by atoms with Gasteiger partial charge in [-0.3, -0.25) is 4.79 Å². The van der Waals surface area contributed by atoms with Crippen molar-refractivity contribution in [3.63, 3.8) is 0 Å². The van der Waals surface area contributed by atoms with E-state index in [-0.39, 0.29) is 11.7 Å². The zero-order chi connectivity index (χ0) is 18.7. The molecule has 26 heavy (non-hydrogen) atoms. The number of carbonyl (C=O) groups is 1. The fourth-order valence-corrected chi connectivity index (χ4v) is 3.19. The number of hydrogen-bond acceptors (Lipinski definition) is 5. The Kier molecular flexibility index (Phi) is 5.32. The second kappa shape index (κ2) is 7.65. The SMILES string of the molecule is Cc1ccc(-n2nnnc2SCC(=O)Nc2cc(F)ccc2C)c(C)c1. The van der Waals surface area contributed by atoms with E-state index in [2.05, 4.69) is 20.8 Å². The molecule has 0 atom stereocenters. The van der Waals surface area contributed by atoms with Gasteiger partial charge in [-0.1, -0.05) is 35.5 Å². The molecule has 1 amide bonds. The maximum Gasteiger partial charge on any atom is 0.234 e. The number of amides is 1. The zero-order valence-corrected chi connectivity index (χ0v) is 15.5. The number of thioether (sulfide) groups is 1. The van der Waals surface area contributed by atoms with Crippen LogP contribution in [-0.2, 0) is 4.79 Å². The van der Waals surface area contributed by atoms with E-state index in [4.69, 9.17) is 0 Å². The molecule has 0 unspecified atom stereocenters. The van der Waals surface area contributed by atoms with Crippen molar-refractivity contribution in [3.8, 4) is 5.69 Å². The lowest BCUT2D eigenvalue weighted by Gasteiger charge is -2.09. The standard InChI is InChI=1S/C18H18FN5OS/c1-11-4-7-16(13(3)8-11)24-18(21-22-23-24)26-10-17(25)20-15-9-14(19)6-5-12(15)2/h4-9H,10H2,1-3H3,(H,20,25). The third-order valence-corrected chi connectivity index (χ3v) is 4.75. The van der Waals surface area contributed by atoms with Gasteiger partial charge in [0.05, 0.1) is 11.4 Å². The zero-order valence-electron chi connectivity index (χ0n) is 14.7. The summed E-state index contributed by atoms with van der Waals surface area (Å²) in [5.41, 5.74) is 4.32. The van der Waals surface area contributed by atoms with Crippen molar-refractivity contribution < 1.29 is 9.18 Å². The molecule has 0 saturated heterocycles. The number of tetrazole rings is 1. The van der Waals surface area contributed by atoms with Gasteiger partial charge in [0, 0.05) is 5.69 Å². The van der Waals surface area contributed by atoms with E-state index in [0.717, 1.165) is 22.4 Å². The number of halogens is 1. The Balaban J connectivity index is 1.70. The van der Waals surface area contributed by atoms with Crippen LogP contribution in [0.1, 0.15) is 16.7 Å². The number of aromatic nitrogens is 4. The van der Waals surface area contributed by atoms with Crippen LogP contribution in [0.15, 0.2) is 41.6 Å². The Morgan fingerprint density at radius 2 is 1.96 bits per heavy atom. The molecule has 1 heterocycles. The van der Waals surface area contributed by atoms with Crippen molar-refractivity contribution in [3.05, 3.63) is 58.9 Å². The molecule has 1 aromatic heterocycles. The molecule has 1 N–H and O–H groups in total. The van der Waals surface area contributed by atoms with E-state index in [9.17, 15) is 9.18 Å². The minimum Gasteiger partial charge on any atom is -0.325 e. The number of hydrogen-bond donors (Lipinski definition) is 1. The molecule has 8 heteroatoms. The number of nitrogens with one attached hydrogen (secondary N) is 1. The van der Waals surface area contributed by atoms with Gasteiger partial charge in [-0.05, 0) is 60.5 Å². The second-order valence-corrected chi connectivity index (χ2v) is 6.90. The number of anilines is 1. The lowest BCUT2D eigenvalue weighted by atomic mass is 10.1. The van der Waals surface area contributed by atoms with Gasteiger partial charge in [0.15, 0.2) is 0 Å². The van der Waals surface area contributed by atoms with Crippen LogP contribution in [0.4, 0.5) is 10.1 Å². The summed E-state index contributed by atoms with van der Waals surface area (Å²) >= 11 is 1.22. The fraction of sp³-hybridized carbons (Fsp3) is 0.222. The molecule has 3 rings (SSSR count). The van der Waals surface area contributed by atoms with Crippen molar-refractivity contribution in [1.29, 1.82) is 0 Å². The van der Waals surface area contributed by atoms with E-state index < -0.39 is 5.82 Å². The smallest absolute Gasteiger partial charge is 0.234 e. The Morgan fingerprint density at radius 1 is 1.15 bits per heavy atom. The Morgan fingerprint density at radius 3 is 2.73 bits per heavy atom. The average Bonchev–Trinajstić information content (AvgIpc) is 3.04. The van der Waals surface area contributed by atoms with Crippen LogP contribution in [0.25, 0.3) is 5.69 Å². The maximum absolute atomic E-state index is 13.3. The van der Waals surface area contributed by atoms with E-state index in [0.29, 0.717) is 10.8 Å². The first-order chi connectivity index (χ1) is 12.4. The minimum absolute atomic E-state index is 0.112. The first-order valence-corrected chi connectivity index (χ1v) is 8.97. The first kappa shape index (κ1) is 18.1.